The van der Waals surface area contributed by atoms with Crippen molar-refractivity contribution in [2.45, 2.75) is 6.92 Å². The topological polar surface area (TPSA) is 53.2 Å². The fraction of sp³-hybridized carbons (Fsp3) is 0.0909. The Morgan fingerprint density at radius 2 is 1.82 bits per heavy atom. The van der Waals surface area contributed by atoms with Crippen LogP contribution < -0.4 is 4.74 Å². The molecule has 0 N–H and O–H groups in total. The molecule has 2 heterocycles. The smallest absolute Gasteiger partial charge is 0.308 e. The van der Waals surface area contributed by atoms with Crippen molar-refractivity contribution in [2.24, 2.45) is 7.05 Å². The van der Waals surface area contributed by atoms with Gasteiger partial charge in [0.15, 0.2) is 5.75 Å². The Morgan fingerprint density at radius 1 is 1.04 bits per heavy atom. The number of fused-ring (bicyclic) bond motifs is 1. The lowest BCUT2D eigenvalue weighted by atomic mass is 10.1. The van der Waals surface area contributed by atoms with E-state index < -0.39 is 5.97 Å². The molecule has 0 aliphatic carbocycles. The Morgan fingerprint density at radius 3 is 2.54 bits per heavy atom. The normalized spacial score (nSPS) is 11.0. The summed E-state index contributed by atoms with van der Waals surface area (Å²) >= 11 is 6.21. The van der Waals surface area contributed by atoms with Gasteiger partial charge in [-0.3, -0.25) is 9.59 Å². The van der Waals surface area contributed by atoms with E-state index in [1.807, 2.05) is 42.1 Å². The number of benzene rings is 2. The molecule has 0 aliphatic heterocycles. The van der Waals surface area contributed by atoms with Crippen LogP contribution in [0, 0.1) is 0 Å². The monoisotopic (exact) mass is 392 g/mol. The van der Waals surface area contributed by atoms with Gasteiger partial charge in [-0.05, 0) is 42.5 Å². The molecule has 0 bridgehead atoms. The van der Waals surface area contributed by atoms with Crippen LogP contribution in [0.1, 0.15) is 23.0 Å². The quantitative estimate of drug-likeness (QED) is 0.371. The zero-order chi connectivity index (χ0) is 19.8. The molecule has 0 atom stereocenters. The summed E-state index contributed by atoms with van der Waals surface area (Å²) in [4.78, 5) is 24.7. The molecule has 5 nitrogen and oxygen atoms in total. The molecular formula is C22H17ClN2O3. The fourth-order valence-electron chi connectivity index (χ4n) is 3.31. The van der Waals surface area contributed by atoms with Gasteiger partial charge in [0.05, 0.1) is 23.1 Å². The molecular weight excluding hydrogens is 376 g/mol. The van der Waals surface area contributed by atoms with Crippen LogP contribution in [0.4, 0.5) is 0 Å². The van der Waals surface area contributed by atoms with Crippen molar-refractivity contribution in [1.82, 2.24) is 9.13 Å². The Balaban J connectivity index is 1.94. The van der Waals surface area contributed by atoms with Crippen molar-refractivity contribution in [3.05, 3.63) is 83.3 Å². The Hall–Kier alpha value is -3.31. The first-order valence-electron chi connectivity index (χ1n) is 8.70. The van der Waals surface area contributed by atoms with Crippen LogP contribution in [0.5, 0.6) is 5.75 Å². The van der Waals surface area contributed by atoms with Crippen LogP contribution in [0.25, 0.3) is 16.6 Å². The SMILES string of the molecule is CC(=O)Oc1cn(-c2ccccc2C(=O)c2cccn2C)c2cc(Cl)ccc12. The third-order valence-corrected chi connectivity index (χ3v) is 4.80. The number of aromatic nitrogens is 2. The Labute approximate surface area is 166 Å². The number of ketones is 1. The fourth-order valence-corrected chi connectivity index (χ4v) is 3.48. The van der Waals surface area contributed by atoms with E-state index in [-0.39, 0.29) is 5.78 Å². The lowest BCUT2D eigenvalue weighted by Gasteiger charge is -2.12. The highest BCUT2D eigenvalue weighted by molar-refractivity contribution is 6.31. The first-order valence-corrected chi connectivity index (χ1v) is 9.08. The van der Waals surface area contributed by atoms with Gasteiger partial charge in [0.2, 0.25) is 5.78 Å². The lowest BCUT2D eigenvalue weighted by molar-refractivity contribution is -0.131. The molecule has 4 rings (SSSR count). The summed E-state index contributed by atoms with van der Waals surface area (Å²) in [6.07, 6.45) is 3.54. The van der Waals surface area contributed by atoms with Gasteiger partial charge in [0.1, 0.15) is 0 Å². The zero-order valence-corrected chi connectivity index (χ0v) is 16.1. The Kier molecular flexibility index (Phi) is 4.53. The molecule has 0 saturated carbocycles. The maximum atomic E-state index is 13.2. The average molecular weight is 393 g/mol. The van der Waals surface area contributed by atoms with E-state index in [4.69, 9.17) is 16.3 Å². The summed E-state index contributed by atoms with van der Waals surface area (Å²) in [6, 6.07) is 16.3. The number of para-hydroxylation sites is 1. The van der Waals surface area contributed by atoms with Gasteiger partial charge in [0, 0.05) is 36.1 Å². The molecule has 0 fully saturated rings. The molecule has 0 aliphatic rings. The largest absolute Gasteiger partial charge is 0.424 e. The van der Waals surface area contributed by atoms with Gasteiger partial charge >= 0.3 is 5.97 Å². The van der Waals surface area contributed by atoms with Crippen LogP contribution >= 0.6 is 11.6 Å². The van der Waals surface area contributed by atoms with Crippen molar-refractivity contribution in [3.8, 4) is 11.4 Å². The number of hydrogen-bond donors (Lipinski definition) is 0. The van der Waals surface area contributed by atoms with Gasteiger partial charge in [-0.25, -0.2) is 0 Å². The highest BCUT2D eigenvalue weighted by atomic mass is 35.5. The lowest BCUT2D eigenvalue weighted by Crippen LogP contribution is -2.10. The van der Waals surface area contributed by atoms with Crippen LogP contribution in [0.2, 0.25) is 5.02 Å². The second kappa shape index (κ2) is 7.02. The van der Waals surface area contributed by atoms with Crippen LogP contribution in [-0.4, -0.2) is 20.9 Å². The number of carbonyl (C=O) groups is 2. The second-order valence-corrected chi connectivity index (χ2v) is 6.91. The van der Waals surface area contributed by atoms with Crippen LogP contribution in [0.3, 0.4) is 0 Å². The third-order valence-electron chi connectivity index (χ3n) is 4.57. The van der Waals surface area contributed by atoms with E-state index in [1.165, 1.54) is 6.92 Å². The average Bonchev–Trinajstić information content (AvgIpc) is 3.24. The van der Waals surface area contributed by atoms with Gasteiger partial charge < -0.3 is 13.9 Å². The third kappa shape index (κ3) is 3.10. The minimum Gasteiger partial charge on any atom is -0.424 e. The number of ether oxygens (including phenoxy) is 1. The first kappa shape index (κ1) is 18.1. The number of nitrogens with zero attached hydrogens (tertiary/aromatic N) is 2. The molecule has 0 saturated heterocycles. The predicted molar refractivity (Wildman–Crippen MR) is 108 cm³/mol. The molecule has 0 spiro atoms. The number of halogens is 1. The molecule has 140 valence electrons. The van der Waals surface area contributed by atoms with Crippen molar-refractivity contribution in [2.75, 3.05) is 0 Å². The van der Waals surface area contributed by atoms with E-state index in [0.29, 0.717) is 27.7 Å². The van der Waals surface area contributed by atoms with E-state index in [2.05, 4.69) is 0 Å². The molecule has 0 unspecified atom stereocenters. The van der Waals surface area contributed by atoms with Crippen molar-refractivity contribution >= 4 is 34.3 Å². The van der Waals surface area contributed by atoms with Gasteiger partial charge in [-0.15, -0.1) is 0 Å². The van der Waals surface area contributed by atoms with E-state index in [9.17, 15) is 9.59 Å². The first-order chi connectivity index (χ1) is 13.5. The summed E-state index contributed by atoms with van der Waals surface area (Å²) < 4.78 is 8.98. The molecule has 0 amide bonds. The minimum absolute atomic E-state index is 0.0963. The standard InChI is InChI=1S/C22H17ClN2O3/c1-14(26)28-21-13-25(20-12-15(23)9-10-16(20)21)18-7-4-3-6-17(18)22(27)19-8-5-11-24(19)2/h3-13H,1-2H3. The summed E-state index contributed by atoms with van der Waals surface area (Å²) in [5.74, 6) is -0.0940. The van der Waals surface area contributed by atoms with Gasteiger partial charge in [-0.1, -0.05) is 23.7 Å². The van der Waals surface area contributed by atoms with E-state index in [1.54, 1.807) is 41.1 Å². The summed E-state index contributed by atoms with van der Waals surface area (Å²) in [5.41, 5.74) is 2.55. The summed E-state index contributed by atoms with van der Waals surface area (Å²) in [6.45, 7) is 1.35. The molecule has 2 aromatic heterocycles. The highest BCUT2D eigenvalue weighted by Crippen LogP contribution is 2.34. The number of carbonyl (C=O) groups excluding carboxylic acids is 2. The maximum absolute atomic E-state index is 13.2. The number of hydrogen-bond acceptors (Lipinski definition) is 3. The molecule has 2 aromatic carbocycles. The second-order valence-electron chi connectivity index (χ2n) is 6.47. The number of aryl methyl sites for hydroxylation is 1. The molecule has 28 heavy (non-hydrogen) atoms. The van der Waals surface area contributed by atoms with Crippen LogP contribution in [-0.2, 0) is 11.8 Å². The van der Waals surface area contributed by atoms with Gasteiger partial charge in [0.25, 0.3) is 0 Å². The molecule has 0 radical (unpaired) electrons. The van der Waals surface area contributed by atoms with Crippen LogP contribution in [0.15, 0.2) is 67.0 Å². The summed E-state index contributed by atoms with van der Waals surface area (Å²) in [5, 5.41) is 1.29. The zero-order valence-electron chi connectivity index (χ0n) is 15.3. The highest BCUT2D eigenvalue weighted by Gasteiger charge is 2.20. The molecule has 4 aromatic rings. The van der Waals surface area contributed by atoms with Crippen molar-refractivity contribution in [3.63, 3.8) is 0 Å². The van der Waals surface area contributed by atoms with Crippen molar-refractivity contribution < 1.29 is 14.3 Å². The Bertz CT molecular complexity index is 1220. The number of esters is 1. The maximum Gasteiger partial charge on any atom is 0.308 e. The predicted octanol–water partition coefficient (Wildman–Crippen LogP) is 4.78. The van der Waals surface area contributed by atoms with Crippen molar-refractivity contribution in [1.29, 1.82) is 0 Å². The minimum atomic E-state index is -0.415. The van der Waals surface area contributed by atoms with E-state index in [0.717, 1.165) is 10.9 Å². The summed E-state index contributed by atoms with van der Waals surface area (Å²) in [7, 11) is 1.83. The number of rotatable bonds is 4. The van der Waals surface area contributed by atoms with Gasteiger partial charge in [-0.2, -0.15) is 0 Å². The molecule has 6 heteroatoms. The van der Waals surface area contributed by atoms with E-state index >= 15 is 0 Å².